The van der Waals surface area contributed by atoms with Crippen molar-refractivity contribution in [2.45, 2.75) is 39.3 Å². The lowest BCUT2D eigenvalue weighted by molar-refractivity contribution is 0.0342. The molecule has 0 bridgehead atoms. The zero-order valence-corrected chi connectivity index (χ0v) is 17.5. The number of nitrogens with zero attached hydrogens (tertiary/aromatic N) is 1. The lowest BCUT2D eigenvalue weighted by atomic mass is 10.1. The van der Waals surface area contributed by atoms with E-state index in [2.05, 4.69) is 22.3 Å². The van der Waals surface area contributed by atoms with Gasteiger partial charge in [-0.3, -0.25) is 9.69 Å². The molecule has 1 aliphatic rings. The second-order valence-electron chi connectivity index (χ2n) is 7.76. The lowest BCUT2D eigenvalue weighted by Crippen LogP contribution is -2.35. The lowest BCUT2D eigenvalue weighted by Gasteiger charge is -2.26. The highest BCUT2D eigenvalue weighted by Gasteiger charge is 2.11. The molecule has 1 fully saturated rings. The van der Waals surface area contributed by atoms with Crippen LogP contribution in [0.5, 0.6) is 5.75 Å². The van der Waals surface area contributed by atoms with Gasteiger partial charge in [-0.05, 0) is 62.1 Å². The molecule has 0 aliphatic carbocycles. The van der Waals surface area contributed by atoms with Crippen LogP contribution in [0.2, 0.25) is 0 Å². The second-order valence-corrected chi connectivity index (χ2v) is 7.76. The summed E-state index contributed by atoms with van der Waals surface area (Å²) in [6, 6.07) is 16.1. The predicted octanol–water partition coefficient (Wildman–Crippen LogP) is 3.67. The number of benzene rings is 2. The summed E-state index contributed by atoms with van der Waals surface area (Å²) in [6.07, 6.45) is 1.98. The fraction of sp³-hybridized carbons (Fsp3) is 0.458. The number of hydrogen-bond acceptors (Lipinski definition) is 4. The smallest absolute Gasteiger partial charge is 0.251 e. The van der Waals surface area contributed by atoms with E-state index in [1.807, 2.05) is 50.2 Å². The van der Waals surface area contributed by atoms with Crippen LogP contribution in [0, 0.1) is 0 Å². The van der Waals surface area contributed by atoms with Crippen molar-refractivity contribution in [2.24, 2.45) is 0 Å². The molecule has 2 aromatic rings. The van der Waals surface area contributed by atoms with E-state index >= 15 is 0 Å². The van der Waals surface area contributed by atoms with E-state index in [4.69, 9.17) is 9.47 Å². The van der Waals surface area contributed by atoms with E-state index in [9.17, 15) is 4.79 Å². The molecule has 0 spiro atoms. The summed E-state index contributed by atoms with van der Waals surface area (Å²) in [5.41, 5.74) is 3.17. The molecule has 1 aliphatic heterocycles. The molecule has 1 N–H and O–H groups in total. The molecule has 0 unspecified atom stereocenters. The molecule has 0 atom stereocenters. The minimum Gasteiger partial charge on any atom is -0.491 e. The minimum absolute atomic E-state index is 0.0141. The van der Waals surface area contributed by atoms with Crippen LogP contribution in [-0.4, -0.2) is 49.8 Å². The van der Waals surface area contributed by atoms with Crippen molar-refractivity contribution in [2.75, 3.05) is 32.8 Å². The van der Waals surface area contributed by atoms with Crippen LogP contribution in [-0.2, 0) is 17.7 Å². The molecular formula is C24H32N2O3. The van der Waals surface area contributed by atoms with Crippen LogP contribution in [0.3, 0.4) is 0 Å². The number of morpholine rings is 1. The van der Waals surface area contributed by atoms with Gasteiger partial charge >= 0.3 is 0 Å². The molecule has 0 radical (unpaired) electrons. The zero-order valence-electron chi connectivity index (χ0n) is 17.5. The van der Waals surface area contributed by atoms with Crippen molar-refractivity contribution in [3.05, 3.63) is 65.2 Å². The summed E-state index contributed by atoms with van der Waals surface area (Å²) in [4.78, 5) is 14.7. The molecule has 2 aromatic carbocycles. The van der Waals surface area contributed by atoms with Gasteiger partial charge in [-0.1, -0.05) is 24.3 Å². The van der Waals surface area contributed by atoms with Crippen molar-refractivity contribution >= 4 is 5.91 Å². The second kappa shape index (κ2) is 11.0. The first-order valence-corrected chi connectivity index (χ1v) is 10.5. The number of carbonyl (C=O) groups is 1. The quantitative estimate of drug-likeness (QED) is 0.657. The molecule has 0 saturated carbocycles. The van der Waals surface area contributed by atoms with Crippen LogP contribution in [0.15, 0.2) is 48.5 Å². The third-order valence-corrected chi connectivity index (χ3v) is 4.92. The Morgan fingerprint density at radius 1 is 1.10 bits per heavy atom. The Balaban J connectivity index is 1.40. The van der Waals surface area contributed by atoms with Crippen molar-refractivity contribution in [3.8, 4) is 5.75 Å². The Morgan fingerprint density at radius 3 is 2.59 bits per heavy atom. The average Bonchev–Trinajstić information content (AvgIpc) is 2.72. The first-order chi connectivity index (χ1) is 14.1. The maximum atomic E-state index is 12.4. The van der Waals surface area contributed by atoms with Gasteiger partial charge in [0.25, 0.3) is 5.91 Å². The van der Waals surface area contributed by atoms with Crippen LogP contribution < -0.4 is 10.1 Å². The highest BCUT2D eigenvalue weighted by atomic mass is 16.5. The third-order valence-electron chi connectivity index (χ3n) is 4.92. The monoisotopic (exact) mass is 396 g/mol. The Hall–Kier alpha value is -2.37. The normalized spacial score (nSPS) is 14.7. The number of hydrogen-bond donors (Lipinski definition) is 1. The van der Waals surface area contributed by atoms with E-state index in [0.717, 1.165) is 51.4 Å². The van der Waals surface area contributed by atoms with Gasteiger partial charge in [-0.25, -0.2) is 0 Å². The summed E-state index contributed by atoms with van der Waals surface area (Å²) in [7, 11) is 0. The standard InChI is InChI=1S/C24H32N2O3/c1-19(2)29-23-7-3-5-20(17-23)6-4-12-25-24(27)22-10-8-21(9-11-22)18-26-13-15-28-16-14-26/h3,5,7-11,17,19H,4,6,12-16,18H2,1-2H3,(H,25,27). The molecule has 1 amide bonds. The van der Waals surface area contributed by atoms with E-state index in [1.54, 1.807) is 0 Å². The van der Waals surface area contributed by atoms with Gasteiger partial charge in [0.2, 0.25) is 0 Å². The van der Waals surface area contributed by atoms with Gasteiger partial charge in [0, 0.05) is 31.7 Å². The van der Waals surface area contributed by atoms with Crippen molar-refractivity contribution < 1.29 is 14.3 Å². The molecule has 0 aromatic heterocycles. The highest BCUT2D eigenvalue weighted by molar-refractivity contribution is 5.94. The van der Waals surface area contributed by atoms with Crippen LogP contribution in [0.1, 0.15) is 41.8 Å². The summed E-state index contributed by atoms with van der Waals surface area (Å²) in [5, 5.41) is 3.02. The molecule has 1 saturated heterocycles. The number of amides is 1. The average molecular weight is 397 g/mol. The molecule has 29 heavy (non-hydrogen) atoms. The maximum Gasteiger partial charge on any atom is 0.251 e. The van der Waals surface area contributed by atoms with Gasteiger partial charge in [0.1, 0.15) is 5.75 Å². The minimum atomic E-state index is -0.0141. The van der Waals surface area contributed by atoms with Crippen molar-refractivity contribution in [1.29, 1.82) is 0 Å². The van der Waals surface area contributed by atoms with Gasteiger partial charge in [0.05, 0.1) is 19.3 Å². The summed E-state index contributed by atoms with van der Waals surface area (Å²) >= 11 is 0. The number of nitrogens with one attached hydrogen (secondary N) is 1. The van der Waals surface area contributed by atoms with E-state index in [-0.39, 0.29) is 12.0 Å². The largest absolute Gasteiger partial charge is 0.491 e. The maximum absolute atomic E-state index is 12.4. The fourth-order valence-electron chi connectivity index (χ4n) is 3.42. The molecule has 1 heterocycles. The summed E-state index contributed by atoms with van der Waals surface area (Å²) in [5.74, 6) is 0.888. The first-order valence-electron chi connectivity index (χ1n) is 10.5. The predicted molar refractivity (Wildman–Crippen MR) is 115 cm³/mol. The van der Waals surface area contributed by atoms with Gasteiger partial charge in [-0.15, -0.1) is 0 Å². The highest BCUT2D eigenvalue weighted by Crippen LogP contribution is 2.16. The van der Waals surface area contributed by atoms with Gasteiger partial charge in [0.15, 0.2) is 0 Å². The Bertz CT molecular complexity index is 768. The van der Waals surface area contributed by atoms with Crippen LogP contribution in [0.25, 0.3) is 0 Å². The van der Waals surface area contributed by atoms with Gasteiger partial charge < -0.3 is 14.8 Å². The van der Waals surface area contributed by atoms with E-state index in [0.29, 0.717) is 12.1 Å². The van der Waals surface area contributed by atoms with Crippen LogP contribution >= 0.6 is 0 Å². The number of ether oxygens (including phenoxy) is 2. The Labute approximate surface area is 174 Å². The topological polar surface area (TPSA) is 50.8 Å². The van der Waals surface area contributed by atoms with E-state index in [1.165, 1.54) is 11.1 Å². The molecule has 156 valence electrons. The van der Waals surface area contributed by atoms with E-state index < -0.39 is 0 Å². The number of rotatable bonds is 9. The Kier molecular flexibility index (Phi) is 8.08. The third kappa shape index (κ3) is 7.18. The van der Waals surface area contributed by atoms with Crippen LogP contribution in [0.4, 0.5) is 0 Å². The fourth-order valence-corrected chi connectivity index (χ4v) is 3.42. The number of aryl methyl sites for hydroxylation is 1. The summed E-state index contributed by atoms with van der Waals surface area (Å²) < 4.78 is 11.1. The molecule has 5 heteroatoms. The molecule has 5 nitrogen and oxygen atoms in total. The van der Waals surface area contributed by atoms with Gasteiger partial charge in [-0.2, -0.15) is 0 Å². The van der Waals surface area contributed by atoms with Crippen molar-refractivity contribution in [1.82, 2.24) is 10.2 Å². The SMILES string of the molecule is CC(C)Oc1cccc(CCCNC(=O)c2ccc(CN3CCOCC3)cc2)c1. The zero-order chi connectivity index (χ0) is 20.5. The molecule has 3 rings (SSSR count). The molecular weight excluding hydrogens is 364 g/mol. The first kappa shape index (κ1) is 21.3. The Morgan fingerprint density at radius 2 is 1.86 bits per heavy atom. The number of carbonyl (C=O) groups excluding carboxylic acids is 1. The van der Waals surface area contributed by atoms with Crippen molar-refractivity contribution in [3.63, 3.8) is 0 Å². The summed E-state index contributed by atoms with van der Waals surface area (Å²) in [6.45, 7) is 9.15.